The number of hydrogen-bond donors (Lipinski definition) is 2. The molecule has 0 atom stereocenters. The number of nitrogens with one attached hydrogen (secondary N) is 2. The molecule has 30 heavy (non-hydrogen) atoms. The van der Waals surface area contributed by atoms with Gasteiger partial charge in [0.2, 0.25) is 0 Å². The van der Waals surface area contributed by atoms with E-state index < -0.39 is 0 Å². The predicted octanol–water partition coefficient (Wildman–Crippen LogP) is 7.11. The lowest BCUT2D eigenvalue weighted by Gasteiger charge is -2.34. The number of benzene rings is 2. The second kappa shape index (κ2) is 11.3. The third-order valence-corrected chi connectivity index (χ3v) is 6.13. The van der Waals surface area contributed by atoms with Gasteiger partial charge in [0, 0.05) is 28.2 Å². The van der Waals surface area contributed by atoms with Gasteiger partial charge in [0.15, 0.2) is 0 Å². The van der Waals surface area contributed by atoms with Gasteiger partial charge >= 0.3 is 0 Å². The van der Waals surface area contributed by atoms with Gasteiger partial charge in [0.05, 0.1) is 17.3 Å². The van der Waals surface area contributed by atoms with Gasteiger partial charge in [-0.1, -0.05) is 48.8 Å². The number of rotatable bonds is 6. The van der Waals surface area contributed by atoms with E-state index in [4.69, 9.17) is 34.0 Å². The lowest BCUT2D eigenvalue weighted by atomic mass is 10.1. The van der Waals surface area contributed by atoms with Crippen LogP contribution in [0, 0.1) is 17.7 Å². The number of halogens is 2. The highest BCUT2D eigenvalue weighted by Gasteiger charge is 2.23. The van der Waals surface area contributed by atoms with Gasteiger partial charge in [-0.05, 0) is 61.0 Å². The Bertz CT molecular complexity index is 938. The van der Waals surface area contributed by atoms with E-state index >= 15 is 0 Å². The molecule has 0 unspecified atom stereocenters. The summed E-state index contributed by atoms with van der Waals surface area (Å²) < 4.78 is 0. The first-order valence-electron chi connectivity index (χ1n) is 9.39. The van der Waals surface area contributed by atoms with Crippen LogP contribution in [0.5, 0.6) is 0 Å². The second-order valence-electron chi connectivity index (χ2n) is 6.64. The quantitative estimate of drug-likeness (QED) is 0.451. The molecule has 0 bridgehead atoms. The molecule has 2 N–H and O–H groups in total. The average molecular weight is 461 g/mol. The van der Waals surface area contributed by atoms with E-state index in [-0.39, 0.29) is 0 Å². The lowest BCUT2D eigenvalue weighted by molar-refractivity contribution is 0.640. The maximum atomic E-state index is 8.53. The fourth-order valence-electron chi connectivity index (χ4n) is 3.20. The molecule has 158 valence electrons. The molecular weight excluding hydrogens is 435 g/mol. The minimum atomic E-state index is 0.388. The van der Waals surface area contributed by atoms with Crippen molar-refractivity contribution in [3.05, 3.63) is 87.8 Å². The molecule has 0 fully saturated rings. The maximum absolute atomic E-state index is 8.53. The molecule has 2 aromatic rings. The van der Waals surface area contributed by atoms with Gasteiger partial charge < -0.3 is 15.2 Å². The van der Waals surface area contributed by atoms with Crippen molar-refractivity contribution >= 4 is 53.2 Å². The number of amidine groups is 1. The van der Waals surface area contributed by atoms with Crippen LogP contribution in [0.25, 0.3) is 0 Å². The van der Waals surface area contributed by atoms with Crippen molar-refractivity contribution in [3.63, 3.8) is 0 Å². The van der Waals surface area contributed by atoms with Crippen molar-refractivity contribution in [1.29, 1.82) is 10.8 Å². The van der Waals surface area contributed by atoms with Gasteiger partial charge in [-0.15, -0.1) is 11.8 Å². The van der Waals surface area contributed by atoms with Gasteiger partial charge in [0.25, 0.3) is 0 Å². The Morgan fingerprint density at radius 1 is 1.10 bits per heavy atom. The molecule has 0 radical (unpaired) electrons. The van der Waals surface area contributed by atoms with Crippen LogP contribution in [0.15, 0.2) is 61.1 Å². The molecule has 2 aromatic carbocycles. The van der Waals surface area contributed by atoms with Crippen LogP contribution in [-0.2, 0) is 12.2 Å². The summed E-state index contributed by atoms with van der Waals surface area (Å²) >= 11 is 14.2. The van der Waals surface area contributed by atoms with Crippen molar-refractivity contribution in [2.45, 2.75) is 26.0 Å². The third kappa shape index (κ3) is 5.69. The minimum absolute atomic E-state index is 0.388. The van der Waals surface area contributed by atoms with Crippen LogP contribution >= 0.6 is 35.0 Å². The summed E-state index contributed by atoms with van der Waals surface area (Å²) in [6.45, 7) is 10.8. The molecule has 3 rings (SSSR count). The second-order valence-corrected chi connectivity index (χ2v) is 8.44. The summed E-state index contributed by atoms with van der Waals surface area (Å²) in [5, 5.41) is 15.5. The Balaban J connectivity index is 0.00000155. The molecule has 0 aromatic heterocycles. The molecule has 7 heteroatoms. The summed E-state index contributed by atoms with van der Waals surface area (Å²) in [4.78, 5) is 3.84. The molecule has 0 spiro atoms. The fraction of sp³-hybridized carbons (Fsp3) is 0.217. The highest BCUT2D eigenvalue weighted by atomic mass is 35.5. The molecule has 0 aliphatic carbocycles. The van der Waals surface area contributed by atoms with E-state index in [1.165, 1.54) is 5.56 Å². The zero-order valence-corrected chi connectivity index (χ0v) is 19.5. The van der Waals surface area contributed by atoms with Crippen LogP contribution < -0.4 is 4.90 Å². The smallest absolute Gasteiger partial charge is 0.149 e. The first-order valence-corrected chi connectivity index (χ1v) is 11.3. The van der Waals surface area contributed by atoms with Crippen molar-refractivity contribution < 1.29 is 0 Å². The zero-order chi connectivity index (χ0) is 22.3. The predicted molar refractivity (Wildman–Crippen MR) is 133 cm³/mol. The van der Waals surface area contributed by atoms with Crippen LogP contribution in [0.2, 0.25) is 10.0 Å². The topological polar surface area (TPSA) is 54.2 Å². The van der Waals surface area contributed by atoms with Crippen molar-refractivity contribution in [1.82, 2.24) is 4.90 Å². The van der Waals surface area contributed by atoms with Crippen LogP contribution in [0.3, 0.4) is 0 Å². The fourth-order valence-corrected chi connectivity index (χ4v) is 4.73. The Morgan fingerprint density at radius 3 is 2.50 bits per heavy atom. The molecule has 0 saturated carbocycles. The highest BCUT2D eigenvalue weighted by molar-refractivity contribution is 7.98. The Hall–Kier alpha value is -2.21. The van der Waals surface area contributed by atoms with Gasteiger partial charge in [-0.3, -0.25) is 5.41 Å². The Labute approximate surface area is 193 Å². The van der Waals surface area contributed by atoms with Crippen molar-refractivity contribution in [2.24, 2.45) is 0 Å². The molecule has 1 aliphatic rings. The molecule has 0 amide bonds. The number of hydrogen-bond acceptors (Lipinski definition) is 4. The van der Waals surface area contributed by atoms with Gasteiger partial charge in [-0.2, -0.15) is 0 Å². The van der Waals surface area contributed by atoms with Crippen LogP contribution in [0.4, 0.5) is 5.69 Å². The zero-order valence-electron chi connectivity index (χ0n) is 17.2. The SMILES string of the molecule is C=C1C(=N)N(CSCc2cc(C)cc(Cl)c2)C=CN1c1cccc(Cl)c1CC.C=N. The summed E-state index contributed by atoms with van der Waals surface area (Å²) in [5.74, 6) is 1.90. The third-order valence-electron chi connectivity index (χ3n) is 4.56. The summed E-state index contributed by atoms with van der Waals surface area (Å²) in [5.41, 5.74) is 5.02. The van der Waals surface area contributed by atoms with Gasteiger partial charge in [-0.25, -0.2) is 0 Å². The number of nitrogens with zero attached hydrogens (tertiary/aromatic N) is 2. The Kier molecular flexibility index (Phi) is 9.03. The Morgan fingerprint density at radius 2 is 1.83 bits per heavy atom. The van der Waals surface area contributed by atoms with E-state index in [0.717, 1.165) is 39.0 Å². The van der Waals surface area contributed by atoms with E-state index in [1.807, 2.05) is 59.5 Å². The standard InChI is InChI=1S/C22H23Cl2N3S.CH3N/c1-4-19-20(24)6-5-7-21(19)27-9-8-26(22(25)16(27)3)14-28-13-17-10-15(2)11-18(23)12-17;1-2/h5-12,25H,3-4,13-14H2,1-2H3;2H,1H2. The number of thioether (sulfide) groups is 1. The number of anilines is 1. The maximum Gasteiger partial charge on any atom is 0.149 e. The molecule has 1 aliphatic heterocycles. The van der Waals surface area contributed by atoms with E-state index in [9.17, 15) is 0 Å². The molecular formula is C23H26Cl2N4S. The van der Waals surface area contributed by atoms with Crippen LogP contribution in [0.1, 0.15) is 23.6 Å². The first kappa shape index (κ1) is 24.1. The normalized spacial score (nSPS) is 13.3. The van der Waals surface area contributed by atoms with Crippen molar-refractivity contribution in [3.8, 4) is 0 Å². The monoisotopic (exact) mass is 460 g/mol. The van der Waals surface area contributed by atoms with Gasteiger partial charge in [0.1, 0.15) is 5.84 Å². The average Bonchev–Trinajstić information content (AvgIpc) is 2.72. The van der Waals surface area contributed by atoms with Crippen molar-refractivity contribution in [2.75, 3.05) is 10.8 Å². The first-order chi connectivity index (χ1) is 14.4. The molecule has 0 saturated heterocycles. The minimum Gasteiger partial charge on any atom is -0.321 e. The largest absolute Gasteiger partial charge is 0.321 e. The van der Waals surface area contributed by atoms with E-state index in [0.29, 0.717) is 17.4 Å². The number of aryl methyl sites for hydroxylation is 1. The van der Waals surface area contributed by atoms with E-state index in [2.05, 4.69) is 26.3 Å². The summed E-state index contributed by atoms with van der Waals surface area (Å²) in [6.07, 6.45) is 4.70. The van der Waals surface area contributed by atoms with E-state index in [1.54, 1.807) is 11.8 Å². The lowest BCUT2D eigenvalue weighted by Crippen LogP contribution is -2.37. The van der Waals surface area contributed by atoms with Crippen LogP contribution in [-0.4, -0.2) is 23.3 Å². The molecule has 1 heterocycles. The highest BCUT2D eigenvalue weighted by Crippen LogP contribution is 2.32. The summed E-state index contributed by atoms with van der Waals surface area (Å²) in [7, 11) is 0. The molecule has 4 nitrogen and oxygen atoms in total. The summed E-state index contributed by atoms with van der Waals surface area (Å²) in [6, 6.07) is 11.9.